The Bertz CT molecular complexity index is 804. The minimum atomic E-state index is 0.0271. The number of nitrogens with zero attached hydrogens (tertiary/aromatic N) is 2. The highest BCUT2D eigenvalue weighted by molar-refractivity contribution is 8.01. The Balaban J connectivity index is 1.66. The zero-order valence-corrected chi connectivity index (χ0v) is 18.4. The molecular weight excluding hydrogens is 381 g/mol. The molecule has 2 radical (unpaired) electrons. The fraction of sp³-hybridized carbons (Fsp3) is 0.455. The van der Waals surface area contributed by atoms with Crippen molar-refractivity contribution in [3.8, 4) is 0 Å². The Hall–Kier alpha value is -1.53. The van der Waals surface area contributed by atoms with Gasteiger partial charge in [-0.15, -0.1) is 17.2 Å². The molecule has 1 heterocycles. The lowest BCUT2D eigenvalue weighted by molar-refractivity contribution is 0.508. The van der Waals surface area contributed by atoms with Gasteiger partial charge in [0.05, 0.1) is 15.9 Å². The van der Waals surface area contributed by atoms with E-state index in [1.165, 1.54) is 28.3 Å². The fourth-order valence-corrected chi connectivity index (χ4v) is 5.57. The number of anilines is 1. The molecule has 1 aromatic carbocycles. The van der Waals surface area contributed by atoms with Gasteiger partial charge in [0, 0.05) is 17.7 Å². The third-order valence-corrected chi connectivity index (χ3v) is 7.16. The number of aromatic nitrogens is 1. The second-order valence-corrected chi connectivity index (χ2v) is 9.68. The van der Waals surface area contributed by atoms with Crippen LogP contribution in [0.1, 0.15) is 57.9 Å². The molecule has 3 nitrogen and oxygen atoms in total. The highest BCUT2D eigenvalue weighted by Gasteiger charge is 2.36. The quantitative estimate of drug-likeness (QED) is 0.296. The third-order valence-electron chi connectivity index (χ3n) is 4.98. The number of rotatable bonds is 9. The van der Waals surface area contributed by atoms with Gasteiger partial charge in [-0.1, -0.05) is 74.8 Å². The Morgan fingerprint density at radius 1 is 1.32 bits per heavy atom. The molecule has 0 saturated heterocycles. The standard InChI is InChI=1S/C22H28BN3S2/c1-3-9-19(24-14-17(2)23)16-27-20-15-25-21(28-20)26-22(12-7-8-13-22)18-10-5-4-6-11-18/h4-6,10-11,14-15H,3,7-9,12-13,16H2,1-2H3,(H,25,26)/b17-14+,24-19?. The molecule has 0 atom stereocenters. The molecular formula is C22H28BN3S2. The van der Waals surface area contributed by atoms with E-state index in [2.05, 4.69) is 52.5 Å². The lowest BCUT2D eigenvalue weighted by atomic mass is 9.88. The molecule has 6 heteroatoms. The number of nitrogens with one attached hydrogen (secondary N) is 1. The summed E-state index contributed by atoms with van der Waals surface area (Å²) in [6, 6.07) is 10.8. The van der Waals surface area contributed by atoms with Crippen LogP contribution >= 0.6 is 23.1 Å². The van der Waals surface area contributed by atoms with Crippen LogP contribution in [-0.4, -0.2) is 24.3 Å². The maximum atomic E-state index is 5.72. The van der Waals surface area contributed by atoms with Crippen molar-refractivity contribution in [1.82, 2.24) is 4.98 Å². The lowest BCUT2D eigenvalue weighted by Crippen LogP contribution is -2.31. The first kappa shape index (κ1) is 21.2. The Morgan fingerprint density at radius 3 is 2.75 bits per heavy atom. The van der Waals surface area contributed by atoms with Crippen LogP contribution in [0, 0.1) is 0 Å². The maximum absolute atomic E-state index is 5.72. The normalized spacial score (nSPS) is 17.1. The summed E-state index contributed by atoms with van der Waals surface area (Å²) in [7, 11) is 5.72. The molecule has 1 aliphatic carbocycles. The van der Waals surface area contributed by atoms with Crippen LogP contribution in [0.5, 0.6) is 0 Å². The first-order valence-electron chi connectivity index (χ1n) is 10.0. The molecule has 0 unspecified atom stereocenters. The first-order chi connectivity index (χ1) is 13.6. The van der Waals surface area contributed by atoms with Crippen molar-refractivity contribution in [3.05, 3.63) is 53.8 Å². The van der Waals surface area contributed by atoms with Gasteiger partial charge in [-0.25, -0.2) is 4.98 Å². The number of thioether (sulfide) groups is 1. The van der Waals surface area contributed by atoms with E-state index >= 15 is 0 Å². The van der Waals surface area contributed by atoms with Crippen LogP contribution in [0.15, 0.2) is 57.4 Å². The van der Waals surface area contributed by atoms with Crippen molar-refractivity contribution in [2.75, 3.05) is 11.1 Å². The van der Waals surface area contributed by atoms with Crippen LogP contribution in [0.25, 0.3) is 0 Å². The van der Waals surface area contributed by atoms with E-state index in [9.17, 15) is 0 Å². The van der Waals surface area contributed by atoms with Gasteiger partial charge >= 0.3 is 0 Å². The topological polar surface area (TPSA) is 37.3 Å². The number of hydrogen-bond donors (Lipinski definition) is 1. The zero-order valence-electron chi connectivity index (χ0n) is 16.8. The summed E-state index contributed by atoms with van der Waals surface area (Å²) in [6.45, 7) is 4.05. The van der Waals surface area contributed by atoms with E-state index in [0.29, 0.717) is 0 Å². The molecule has 1 aliphatic rings. The molecule has 1 N–H and O–H groups in total. The summed E-state index contributed by atoms with van der Waals surface area (Å²) in [6.07, 6.45) is 10.7. The van der Waals surface area contributed by atoms with Gasteiger partial charge in [0.25, 0.3) is 0 Å². The zero-order chi connectivity index (χ0) is 19.8. The Kier molecular flexibility index (Phi) is 7.80. The number of allylic oxidation sites excluding steroid dienone is 1. The van der Waals surface area contributed by atoms with Gasteiger partial charge in [0.1, 0.15) is 7.85 Å². The van der Waals surface area contributed by atoms with Crippen LogP contribution in [0.2, 0.25) is 0 Å². The van der Waals surface area contributed by atoms with E-state index in [1.54, 1.807) is 17.5 Å². The van der Waals surface area contributed by atoms with E-state index < -0.39 is 0 Å². The van der Waals surface area contributed by atoms with E-state index in [1.807, 2.05) is 24.9 Å². The van der Waals surface area contributed by atoms with E-state index in [0.717, 1.165) is 42.0 Å². The molecule has 0 bridgehead atoms. The monoisotopic (exact) mass is 409 g/mol. The minimum Gasteiger partial charge on any atom is -0.352 e. The summed E-state index contributed by atoms with van der Waals surface area (Å²) in [5.74, 6) is 0.878. The van der Waals surface area contributed by atoms with Crippen molar-refractivity contribution >= 4 is 41.8 Å². The first-order valence-corrected chi connectivity index (χ1v) is 11.8. The summed E-state index contributed by atoms with van der Waals surface area (Å²) < 4.78 is 1.22. The Labute approximate surface area is 178 Å². The van der Waals surface area contributed by atoms with Gasteiger partial charge in [-0.3, -0.25) is 4.99 Å². The van der Waals surface area contributed by atoms with Crippen LogP contribution in [0.4, 0.5) is 5.13 Å². The second-order valence-electron chi connectivity index (χ2n) is 7.37. The lowest BCUT2D eigenvalue weighted by Gasteiger charge is -2.30. The molecule has 0 amide bonds. The summed E-state index contributed by atoms with van der Waals surface area (Å²) in [5, 5.41) is 4.80. The fourth-order valence-electron chi connectivity index (χ4n) is 3.62. The molecule has 28 heavy (non-hydrogen) atoms. The van der Waals surface area contributed by atoms with Crippen molar-refractivity contribution in [3.63, 3.8) is 0 Å². The number of thiazole rings is 1. The molecule has 2 aromatic rings. The highest BCUT2D eigenvalue weighted by atomic mass is 32.2. The SMILES string of the molecule is [B]/C(C)=C/N=C(CCC)CSc1cnc(NC2(c3ccccc3)CCCC2)s1. The predicted octanol–water partition coefficient (Wildman–Crippen LogP) is 6.39. The maximum Gasteiger partial charge on any atom is 0.184 e. The van der Waals surface area contributed by atoms with Gasteiger partial charge in [0.2, 0.25) is 0 Å². The molecule has 0 spiro atoms. The minimum absolute atomic E-state index is 0.0271. The molecule has 3 rings (SSSR count). The van der Waals surface area contributed by atoms with Gasteiger partial charge in [0.15, 0.2) is 5.13 Å². The van der Waals surface area contributed by atoms with Crippen LogP contribution < -0.4 is 5.32 Å². The predicted molar refractivity (Wildman–Crippen MR) is 125 cm³/mol. The smallest absolute Gasteiger partial charge is 0.184 e. The largest absolute Gasteiger partial charge is 0.352 e. The average molecular weight is 409 g/mol. The number of benzene rings is 1. The van der Waals surface area contributed by atoms with Crippen molar-refractivity contribution in [1.29, 1.82) is 0 Å². The molecule has 1 aromatic heterocycles. The molecule has 146 valence electrons. The molecule has 0 aliphatic heterocycles. The van der Waals surface area contributed by atoms with E-state index in [4.69, 9.17) is 7.85 Å². The van der Waals surface area contributed by atoms with E-state index in [-0.39, 0.29) is 5.54 Å². The van der Waals surface area contributed by atoms with Gasteiger partial charge < -0.3 is 5.32 Å². The second kappa shape index (κ2) is 10.3. The number of aliphatic imine (C=N–C) groups is 1. The number of hydrogen-bond acceptors (Lipinski definition) is 5. The van der Waals surface area contributed by atoms with Crippen molar-refractivity contribution in [2.24, 2.45) is 4.99 Å². The molecule has 1 saturated carbocycles. The summed E-state index contributed by atoms with van der Waals surface area (Å²) in [5.41, 5.74) is 3.32. The third kappa shape index (κ3) is 5.74. The highest BCUT2D eigenvalue weighted by Crippen LogP contribution is 2.42. The van der Waals surface area contributed by atoms with Gasteiger partial charge in [-0.2, -0.15) is 0 Å². The summed E-state index contributed by atoms with van der Waals surface area (Å²) >= 11 is 3.55. The van der Waals surface area contributed by atoms with Gasteiger partial charge in [-0.05, 0) is 24.8 Å². The van der Waals surface area contributed by atoms with Crippen molar-refractivity contribution < 1.29 is 0 Å². The molecule has 1 fully saturated rings. The van der Waals surface area contributed by atoms with Crippen molar-refractivity contribution in [2.45, 2.75) is 62.1 Å². The van der Waals surface area contributed by atoms with Crippen LogP contribution in [-0.2, 0) is 5.54 Å². The Morgan fingerprint density at radius 2 is 2.07 bits per heavy atom. The summed E-state index contributed by atoms with van der Waals surface area (Å²) in [4.78, 5) is 9.21. The van der Waals surface area contributed by atoms with Crippen LogP contribution in [0.3, 0.4) is 0 Å². The average Bonchev–Trinajstić information content (AvgIpc) is 3.35.